The van der Waals surface area contributed by atoms with Crippen LogP contribution >= 0.6 is 11.6 Å². The molecule has 1 aromatic carbocycles. The number of halogens is 3. The molecule has 9 heteroatoms. The number of aromatic nitrogens is 1. The van der Waals surface area contributed by atoms with Gasteiger partial charge in [-0.15, -0.1) is 11.6 Å². The molecule has 29 heavy (non-hydrogen) atoms. The summed E-state index contributed by atoms with van der Waals surface area (Å²) in [6.07, 6.45) is -0.125. The number of alkyl halides is 1. The number of esters is 1. The van der Waals surface area contributed by atoms with Crippen LogP contribution in [0.5, 0.6) is 5.88 Å². The van der Waals surface area contributed by atoms with Crippen LogP contribution in [0.2, 0.25) is 0 Å². The molecule has 1 amide bonds. The second kappa shape index (κ2) is 8.73. The van der Waals surface area contributed by atoms with Gasteiger partial charge < -0.3 is 14.4 Å². The molecular formula is C20H19ClF2N2O4. The van der Waals surface area contributed by atoms with Gasteiger partial charge in [0.05, 0.1) is 25.3 Å². The Balaban J connectivity index is 2.09. The Kier molecular flexibility index (Phi) is 6.32. The average Bonchev–Trinajstić information content (AvgIpc) is 2.69. The number of hydrogen-bond donors (Lipinski definition) is 0. The topological polar surface area (TPSA) is 68.7 Å². The number of rotatable bonds is 5. The van der Waals surface area contributed by atoms with E-state index in [-0.39, 0.29) is 48.7 Å². The Morgan fingerprint density at radius 1 is 1.31 bits per heavy atom. The van der Waals surface area contributed by atoms with Gasteiger partial charge in [0, 0.05) is 12.5 Å². The Hall–Kier alpha value is -2.74. The van der Waals surface area contributed by atoms with Crippen LogP contribution in [0, 0.1) is 11.6 Å². The minimum atomic E-state index is -0.718. The highest BCUT2D eigenvalue weighted by Gasteiger charge is 2.31. The molecule has 1 aliphatic heterocycles. The van der Waals surface area contributed by atoms with Gasteiger partial charge >= 0.3 is 5.97 Å². The molecular weight excluding hydrogens is 406 g/mol. The molecule has 2 aromatic rings. The van der Waals surface area contributed by atoms with Crippen LogP contribution < -0.4 is 9.64 Å². The lowest BCUT2D eigenvalue weighted by Crippen LogP contribution is -2.46. The van der Waals surface area contributed by atoms with Gasteiger partial charge in [-0.05, 0) is 30.2 Å². The van der Waals surface area contributed by atoms with E-state index in [1.807, 2.05) is 0 Å². The Labute approximate surface area is 171 Å². The largest absolute Gasteiger partial charge is 0.474 e. The number of methoxy groups -OCH3 is 1. The van der Waals surface area contributed by atoms with E-state index in [2.05, 4.69) is 4.98 Å². The average molecular weight is 425 g/mol. The van der Waals surface area contributed by atoms with Gasteiger partial charge in [-0.3, -0.25) is 9.59 Å². The summed E-state index contributed by atoms with van der Waals surface area (Å²) in [5.74, 6) is -2.31. The molecule has 0 saturated heterocycles. The second-order valence-corrected chi connectivity index (χ2v) is 6.91. The van der Waals surface area contributed by atoms with Crippen LogP contribution in [-0.2, 0) is 27.2 Å². The van der Waals surface area contributed by atoms with Gasteiger partial charge in [-0.1, -0.05) is 6.07 Å². The lowest BCUT2D eigenvalue weighted by molar-refractivity contribution is -0.139. The minimum absolute atomic E-state index is 0.0377. The molecule has 1 atom stereocenters. The first kappa shape index (κ1) is 21.0. The number of fused-ring (bicyclic) bond motifs is 1. The third kappa shape index (κ3) is 4.48. The van der Waals surface area contributed by atoms with Gasteiger partial charge in [0.2, 0.25) is 11.8 Å². The van der Waals surface area contributed by atoms with Crippen molar-refractivity contribution in [3.63, 3.8) is 0 Å². The highest BCUT2D eigenvalue weighted by molar-refractivity contribution is 6.29. The maximum Gasteiger partial charge on any atom is 0.311 e. The second-order valence-electron chi connectivity index (χ2n) is 6.64. The number of ether oxygens (including phenoxy) is 2. The van der Waals surface area contributed by atoms with Crippen molar-refractivity contribution in [2.24, 2.45) is 0 Å². The first-order chi connectivity index (χ1) is 13.8. The van der Waals surface area contributed by atoms with E-state index < -0.39 is 17.6 Å². The van der Waals surface area contributed by atoms with Crippen LogP contribution in [0.1, 0.15) is 23.7 Å². The van der Waals surface area contributed by atoms with Crippen molar-refractivity contribution >= 4 is 29.2 Å². The molecule has 0 N–H and O–H groups in total. The zero-order valence-corrected chi connectivity index (χ0v) is 16.6. The van der Waals surface area contributed by atoms with Crippen LogP contribution in [0.15, 0.2) is 24.3 Å². The summed E-state index contributed by atoms with van der Waals surface area (Å²) in [4.78, 5) is 30.0. The Morgan fingerprint density at radius 2 is 2.07 bits per heavy atom. The monoisotopic (exact) mass is 424 g/mol. The fourth-order valence-corrected chi connectivity index (χ4v) is 3.31. The number of pyridine rings is 1. The van der Waals surface area contributed by atoms with Gasteiger partial charge in [-0.2, -0.15) is 0 Å². The molecule has 0 spiro atoms. The van der Waals surface area contributed by atoms with Gasteiger partial charge in [0.1, 0.15) is 29.8 Å². The van der Waals surface area contributed by atoms with Gasteiger partial charge in [0.15, 0.2) is 0 Å². The summed E-state index contributed by atoms with van der Waals surface area (Å²) in [6, 6.07) is 4.61. The third-order valence-corrected chi connectivity index (χ3v) is 4.85. The predicted octanol–water partition coefficient (Wildman–Crippen LogP) is 3.02. The van der Waals surface area contributed by atoms with Crippen molar-refractivity contribution in [2.75, 3.05) is 24.5 Å². The maximum atomic E-state index is 14.2. The van der Waals surface area contributed by atoms with Crippen molar-refractivity contribution in [2.45, 2.75) is 25.8 Å². The van der Waals surface area contributed by atoms with Crippen molar-refractivity contribution in [3.8, 4) is 5.88 Å². The lowest BCUT2D eigenvalue weighted by atomic mass is 10.00. The molecule has 154 valence electrons. The van der Waals surface area contributed by atoms with E-state index in [1.54, 1.807) is 13.0 Å². The summed E-state index contributed by atoms with van der Waals surface area (Å²) < 4.78 is 37.8. The summed E-state index contributed by atoms with van der Waals surface area (Å²) in [7, 11) is 1.25. The molecule has 6 nitrogen and oxygen atoms in total. The van der Waals surface area contributed by atoms with Gasteiger partial charge in [-0.25, -0.2) is 13.8 Å². The maximum absolute atomic E-state index is 14.2. The third-order valence-electron chi connectivity index (χ3n) is 4.62. The smallest absolute Gasteiger partial charge is 0.311 e. The zero-order valence-electron chi connectivity index (χ0n) is 15.9. The van der Waals surface area contributed by atoms with Crippen molar-refractivity contribution in [1.82, 2.24) is 4.98 Å². The van der Waals surface area contributed by atoms with E-state index in [9.17, 15) is 18.4 Å². The molecule has 2 heterocycles. The summed E-state index contributed by atoms with van der Waals surface area (Å²) in [6.45, 7) is 2.02. The number of hydrogen-bond acceptors (Lipinski definition) is 5. The van der Waals surface area contributed by atoms with E-state index in [0.29, 0.717) is 16.9 Å². The molecule has 1 aliphatic rings. The van der Waals surface area contributed by atoms with Gasteiger partial charge in [0.25, 0.3) is 0 Å². The van der Waals surface area contributed by atoms with Crippen LogP contribution in [-0.4, -0.2) is 42.5 Å². The first-order valence-electron chi connectivity index (χ1n) is 8.88. The fourth-order valence-electron chi connectivity index (χ4n) is 3.18. The molecule has 0 radical (unpaired) electrons. The van der Waals surface area contributed by atoms with Crippen molar-refractivity contribution in [1.29, 1.82) is 0 Å². The fraction of sp³-hybridized carbons (Fsp3) is 0.350. The Morgan fingerprint density at radius 3 is 2.72 bits per heavy atom. The molecule has 0 fully saturated rings. The predicted molar refractivity (Wildman–Crippen MR) is 102 cm³/mol. The standard InChI is InChI=1S/C20H19ClF2N2O4/c1-11-10-29-20-17(25(11)18(26)9-21)6-13(16(24-20)8-19(27)28-2)5-12-3-4-14(22)7-15(12)23/h3-4,6-7,11H,5,8-10H2,1-2H3/t11-/m0/s1. The number of amides is 1. The summed E-state index contributed by atoms with van der Waals surface area (Å²) in [5.41, 5.74) is 1.43. The molecule has 1 aromatic heterocycles. The molecule has 0 aliphatic carbocycles. The molecule has 0 unspecified atom stereocenters. The van der Waals surface area contributed by atoms with E-state index in [0.717, 1.165) is 12.1 Å². The van der Waals surface area contributed by atoms with E-state index >= 15 is 0 Å². The number of carbonyl (C=O) groups is 2. The molecule has 0 bridgehead atoms. The highest BCUT2D eigenvalue weighted by Crippen LogP contribution is 2.35. The quantitative estimate of drug-likeness (QED) is 0.545. The summed E-state index contributed by atoms with van der Waals surface area (Å²) >= 11 is 5.74. The number of anilines is 1. The van der Waals surface area contributed by atoms with Crippen molar-refractivity contribution in [3.05, 3.63) is 52.7 Å². The number of benzene rings is 1. The zero-order chi connectivity index (χ0) is 21.1. The summed E-state index contributed by atoms with van der Waals surface area (Å²) in [5, 5.41) is 0. The van der Waals surface area contributed by atoms with E-state index in [4.69, 9.17) is 21.1 Å². The van der Waals surface area contributed by atoms with Crippen LogP contribution in [0.4, 0.5) is 14.5 Å². The van der Waals surface area contributed by atoms with Crippen molar-refractivity contribution < 1.29 is 27.8 Å². The molecule has 0 saturated carbocycles. The number of carbonyl (C=O) groups excluding carboxylic acids is 2. The lowest BCUT2D eigenvalue weighted by Gasteiger charge is -2.34. The first-order valence-corrected chi connectivity index (χ1v) is 9.41. The highest BCUT2D eigenvalue weighted by atomic mass is 35.5. The number of nitrogens with zero attached hydrogens (tertiary/aromatic N) is 2. The Bertz CT molecular complexity index is 954. The van der Waals surface area contributed by atoms with Crippen LogP contribution in [0.3, 0.4) is 0 Å². The normalized spacial score (nSPS) is 15.5. The van der Waals surface area contributed by atoms with E-state index in [1.165, 1.54) is 18.1 Å². The SMILES string of the molecule is COC(=O)Cc1nc2c(cc1Cc1ccc(F)cc1F)N(C(=O)CCl)[C@@H](C)CO2. The molecule has 3 rings (SSSR count). The minimum Gasteiger partial charge on any atom is -0.474 e. The van der Waals surface area contributed by atoms with Crippen LogP contribution in [0.25, 0.3) is 0 Å².